The van der Waals surface area contributed by atoms with E-state index in [1.54, 1.807) is 0 Å². The van der Waals surface area contributed by atoms with Crippen molar-refractivity contribution in [3.63, 3.8) is 0 Å². The SMILES string of the molecule is Cc1cnccc1CNc1ccc(Br)c(C)n1. The van der Waals surface area contributed by atoms with Crippen molar-refractivity contribution in [1.29, 1.82) is 0 Å². The number of pyridine rings is 2. The van der Waals surface area contributed by atoms with Crippen LogP contribution in [0.5, 0.6) is 0 Å². The third-order valence-electron chi connectivity index (χ3n) is 2.62. The van der Waals surface area contributed by atoms with E-state index in [2.05, 4.69) is 38.1 Å². The van der Waals surface area contributed by atoms with Crippen molar-refractivity contribution >= 4 is 21.7 Å². The molecule has 2 rings (SSSR count). The zero-order valence-electron chi connectivity index (χ0n) is 9.87. The standard InChI is InChI=1S/C13H14BrN3/c1-9-7-15-6-5-11(9)8-16-13-4-3-12(14)10(2)17-13/h3-7H,8H2,1-2H3,(H,16,17). The van der Waals surface area contributed by atoms with Crippen LogP contribution >= 0.6 is 15.9 Å². The second-order valence-electron chi connectivity index (χ2n) is 3.92. The van der Waals surface area contributed by atoms with E-state index in [1.165, 1.54) is 11.1 Å². The number of rotatable bonds is 3. The molecule has 0 atom stereocenters. The van der Waals surface area contributed by atoms with Gasteiger partial charge < -0.3 is 5.32 Å². The highest BCUT2D eigenvalue weighted by Gasteiger charge is 2.00. The van der Waals surface area contributed by atoms with E-state index in [-0.39, 0.29) is 0 Å². The number of aryl methyl sites for hydroxylation is 2. The minimum atomic E-state index is 0.766. The fraction of sp³-hybridized carbons (Fsp3) is 0.231. The molecule has 17 heavy (non-hydrogen) atoms. The van der Waals surface area contributed by atoms with Gasteiger partial charge in [-0.1, -0.05) is 0 Å². The lowest BCUT2D eigenvalue weighted by Gasteiger charge is -2.08. The molecule has 88 valence electrons. The monoisotopic (exact) mass is 291 g/mol. The first-order valence-electron chi connectivity index (χ1n) is 5.43. The largest absolute Gasteiger partial charge is 0.366 e. The summed E-state index contributed by atoms with van der Waals surface area (Å²) in [5, 5.41) is 3.31. The van der Waals surface area contributed by atoms with Crippen molar-refractivity contribution in [3.8, 4) is 0 Å². The van der Waals surface area contributed by atoms with Crippen LogP contribution in [0.4, 0.5) is 5.82 Å². The number of nitrogens with one attached hydrogen (secondary N) is 1. The average Bonchev–Trinajstić information content (AvgIpc) is 2.32. The first-order valence-corrected chi connectivity index (χ1v) is 6.22. The minimum Gasteiger partial charge on any atom is -0.366 e. The number of aromatic nitrogens is 2. The molecule has 0 aliphatic heterocycles. The van der Waals surface area contributed by atoms with Gasteiger partial charge in [-0.3, -0.25) is 4.98 Å². The predicted molar refractivity (Wildman–Crippen MR) is 73.0 cm³/mol. The number of hydrogen-bond donors (Lipinski definition) is 1. The van der Waals surface area contributed by atoms with E-state index in [0.29, 0.717) is 0 Å². The van der Waals surface area contributed by atoms with Gasteiger partial charge in [0.25, 0.3) is 0 Å². The van der Waals surface area contributed by atoms with E-state index in [1.807, 2.05) is 37.5 Å². The number of hydrogen-bond acceptors (Lipinski definition) is 3. The number of halogens is 1. The van der Waals surface area contributed by atoms with Crippen LogP contribution in [0.2, 0.25) is 0 Å². The van der Waals surface area contributed by atoms with Crippen LogP contribution in [0.15, 0.2) is 35.1 Å². The normalized spacial score (nSPS) is 10.3. The first-order chi connectivity index (χ1) is 8.16. The van der Waals surface area contributed by atoms with Gasteiger partial charge >= 0.3 is 0 Å². The third-order valence-corrected chi connectivity index (χ3v) is 3.46. The lowest BCUT2D eigenvalue weighted by molar-refractivity contribution is 1.05. The molecule has 0 unspecified atom stereocenters. The molecule has 0 fully saturated rings. The molecule has 1 N–H and O–H groups in total. The van der Waals surface area contributed by atoms with Crippen LogP contribution in [0.1, 0.15) is 16.8 Å². The highest BCUT2D eigenvalue weighted by atomic mass is 79.9. The third kappa shape index (κ3) is 3.03. The maximum Gasteiger partial charge on any atom is 0.126 e. The Morgan fingerprint density at radius 2 is 2.06 bits per heavy atom. The van der Waals surface area contributed by atoms with Crippen LogP contribution in [0, 0.1) is 13.8 Å². The maximum atomic E-state index is 4.44. The highest BCUT2D eigenvalue weighted by Crippen LogP contribution is 2.17. The summed E-state index contributed by atoms with van der Waals surface area (Å²) < 4.78 is 1.03. The van der Waals surface area contributed by atoms with E-state index < -0.39 is 0 Å². The van der Waals surface area contributed by atoms with Crippen LogP contribution in [-0.4, -0.2) is 9.97 Å². The zero-order valence-corrected chi connectivity index (χ0v) is 11.5. The molecule has 2 aromatic heterocycles. The molecule has 0 bridgehead atoms. The Kier molecular flexibility index (Phi) is 3.74. The second kappa shape index (κ2) is 5.27. The van der Waals surface area contributed by atoms with Crippen LogP contribution in [-0.2, 0) is 6.54 Å². The highest BCUT2D eigenvalue weighted by molar-refractivity contribution is 9.10. The fourth-order valence-electron chi connectivity index (χ4n) is 1.53. The topological polar surface area (TPSA) is 37.8 Å². The molecule has 0 aromatic carbocycles. The van der Waals surface area contributed by atoms with Gasteiger partial charge in [0.1, 0.15) is 5.82 Å². The van der Waals surface area contributed by atoms with Crippen LogP contribution < -0.4 is 5.32 Å². The Labute approximate surface area is 109 Å². The zero-order chi connectivity index (χ0) is 12.3. The summed E-state index contributed by atoms with van der Waals surface area (Å²) >= 11 is 3.44. The van der Waals surface area contributed by atoms with Gasteiger partial charge in [0, 0.05) is 23.4 Å². The Morgan fingerprint density at radius 3 is 2.76 bits per heavy atom. The van der Waals surface area contributed by atoms with E-state index >= 15 is 0 Å². The van der Waals surface area contributed by atoms with Crippen molar-refractivity contribution in [2.45, 2.75) is 20.4 Å². The van der Waals surface area contributed by atoms with Crippen molar-refractivity contribution < 1.29 is 0 Å². The van der Waals surface area contributed by atoms with Gasteiger partial charge in [-0.2, -0.15) is 0 Å². The van der Waals surface area contributed by atoms with Crippen LogP contribution in [0.3, 0.4) is 0 Å². The van der Waals surface area contributed by atoms with Gasteiger partial charge in [-0.15, -0.1) is 0 Å². The molecule has 2 aromatic rings. The van der Waals surface area contributed by atoms with E-state index in [9.17, 15) is 0 Å². The Balaban J connectivity index is 2.08. The van der Waals surface area contributed by atoms with Crippen LogP contribution in [0.25, 0.3) is 0 Å². The Hall–Kier alpha value is -1.42. The molecule has 0 spiro atoms. The molecule has 0 amide bonds. The summed E-state index contributed by atoms with van der Waals surface area (Å²) in [6, 6.07) is 5.99. The van der Waals surface area contributed by atoms with E-state index in [4.69, 9.17) is 0 Å². The number of nitrogens with zero attached hydrogens (tertiary/aromatic N) is 2. The van der Waals surface area contributed by atoms with E-state index in [0.717, 1.165) is 22.5 Å². The molecule has 2 heterocycles. The van der Waals surface area contributed by atoms with Crippen molar-refractivity contribution in [3.05, 3.63) is 51.9 Å². The number of anilines is 1. The summed E-state index contributed by atoms with van der Waals surface area (Å²) in [7, 11) is 0. The molecule has 4 heteroatoms. The van der Waals surface area contributed by atoms with Gasteiger partial charge in [-0.25, -0.2) is 4.98 Å². The van der Waals surface area contributed by atoms with Gasteiger partial charge in [0.15, 0.2) is 0 Å². The average molecular weight is 292 g/mol. The Bertz CT molecular complexity index is 526. The van der Waals surface area contributed by atoms with Crippen molar-refractivity contribution in [2.24, 2.45) is 0 Å². The van der Waals surface area contributed by atoms with Gasteiger partial charge in [0.2, 0.25) is 0 Å². The summed E-state index contributed by atoms with van der Waals surface area (Å²) in [5.41, 5.74) is 3.41. The predicted octanol–water partition coefficient (Wildman–Crippen LogP) is 3.47. The molecule has 0 radical (unpaired) electrons. The molecule has 3 nitrogen and oxygen atoms in total. The quantitative estimate of drug-likeness (QED) is 0.941. The molecule has 0 saturated carbocycles. The van der Waals surface area contributed by atoms with Gasteiger partial charge in [0.05, 0.1) is 5.69 Å². The van der Waals surface area contributed by atoms with Crippen molar-refractivity contribution in [1.82, 2.24) is 9.97 Å². The molecular formula is C13H14BrN3. The molecule has 0 aliphatic rings. The second-order valence-corrected chi connectivity index (χ2v) is 4.77. The lowest BCUT2D eigenvalue weighted by atomic mass is 10.1. The smallest absolute Gasteiger partial charge is 0.126 e. The summed E-state index contributed by atoms with van der Waals surface area (Å²) in [6.45, 7) is 4.81. The summed E-state index contributed by atoms with van der Waals surface area (Å²) in [6.07, 6.45) is 3.68. The molecular weight excluding hydrogens is 278 g/mol. The van der Waals surface area contributed by atoms with Gasteiger partial charge in [-0.05, 0) is 59.1 Å². The maximum absolute atomic E-state index is 4.44. The van der Waals surface area contributed by atoms with Crippen molar-refractivity contribution in [2.75, 3.05) is 5.32 Å². The minimum absolute atomic E-state index is 0.766. The first kappa shape index (κ1) is 12.0. The Morgan fingerprint density at radius 1 is 1.24 bits per heavy atom. The summed E-state index contributed by atoms with van der Waals surface area (Å²) in [4.78, 5) is 8.52. The fourth-order valence-corrected chi connectivity index (χ4v) is 1.75. The molecule has 0 saturated heterocycles. The lowest BCUT2D eigenvalue weighted by Crippen LogP contribution is -2.03. The summed E-state index contributed by atoms with van der Waals surface area (Å²) in [5.74, 6) is 0.891. The molecule has 0 aliphatic carbocycles.